The first-order valence-corrected chi connectivity index (χ1v) is 14.5. The SMILES string of the molecule is CN[C@@H](C)C(=O)N[C@H]1CN(C(=O)CS(C)(=O)=O)c2ccccc2N(Cc2c(OC)ccc3ccccc23)C1=O.Cl. The third-order valence-corrected chi connectivity index (χ3v) is 7.53. The summed E-state index contributed by atoms with van der Waals surface area (Å²) in [6.07, 6.45) is 0.979. The van der Waals surface area contributed by atoms with Crippen molar-refractivity contribution in [1.82, 2.24) is 10.6 Å². The molecule has 3 aromatic carbocycles. The van der Waals surface area contributed by atoms with Gasteiger partial charge in [-0.1, -0.05) is 42.5 Å². The molecule has 1 aliphatic rings. The Morgan fingerprint density at radius 2 is 1.70 bits per heavy atom. The summed E-state index contributed by atoms with van der Waals surface area (Å²) in [5.41, 5.74) is 1.54. The first kappa shape index (κ1) is 30.9. The Bertz CT molecular complexity index is 1530. The molecule has 1 heterocycles. The third-order valence-electron chi connectivity index (χ3n) is 6.76. The van der Waals surface area contributed by atoms with Crippen LogP contribution in [0.5, 0.6) is 5.75 Å². The molecule has 0 unspecified atom stereocenters. The average Bonchev–Trinajstić information content (AvgIpc) is 3.02. The van der Waals surface area contributed by atoms with Crippen LogP contribution in [0.1, 0.15) is 12.5 Å². The minimum atomic E-state index is -3.66. The van der Waals surface area contributed by atoms with Crippen molar-refractivity contribution in [2.75, 3.05) is 42.5 Å². The van der Waals surface area contributed by atoms with Crippen molar-refractivity contribution < 1.29 is 27.5 Å². The number of fused-ring (bicyclic) bond motifs is 2. The van der Waals surface area contributed by atoms with E-state index in [9.17, 15) is 22.8 Å². The van der Waals surface area contributed by atoms with Crippen LogP contribution in [0.2, 0.25) is 0 Å². The number of ether oxygens (including phenoxy) is 1. The van der Waals surface area contributed by atoms with Crippen LogP contribution < -0.4 is 25.2 Å². The van der Waals surface area contributed by atoms with Crippen LogP contribution in [0.4, 0.5) is 11.4 Å². The van der Waals surface area contributed by atoms with Crippen molar-refractivity contribution in [3.8, 4) is 5.75 Å². The zero-order chi connectivity index (χ0) is 28.3. The summed E-state index contributed by atoms with van der Waals surface area (Å²) in [5.74, 6) is -1.72. The van der Waals surface area contributed by atoms with E-state index in [2.05, 4.69) is 10.6 Å². The fraction of sp³-hybridized carbons (Fsp3) is 0.321. The van der Waals surface area contributed by atoms with Gasteiger partial charge in [0.15, 0.2) is 9.84 Å². The number of sulfone groups is 1. The fourth-order valence-corrected chi connectivity index (χ4v) is 5.26. The lowest BCUT2D eigenvalue weighted by Gasteiger charge is -2.27. The molecule has 2 N–H and O–H groups in total. The number of carbonyl (C=O) groups excluding carboxylic acids is 3. The van der Waals surface area contributed by atoms with Crippen LogP contribution in [0.25, 0.3) is 10.8 Å². The number of hydrogen-bond acceptors (Lipinski definition) is 7. The molecule has 214 valence electrons. The van der Waals surface area contributed by atoms with Crippen LogP contribution >= 0.6 is 12.4 Å². The van der Waals surface area contributed by atoms with E-state index in [0.717, 1.165) is 22.6 Å². The summed E-state index contributed by atoms with van der Waals surface area (Å²) >= 11 is 0. The number of halogens is 1. The third kappa shape index (κ3) is 6.55. The molecule has 0 fully saturated rings. The molecular weight excluding hydrogens is 556 g/mol. The topological polar surface area (TPSA) is 125 Å². The summed E-state index contributed by atoms with van der Waals surface area (Å²) in [6.45, 7) is 1.51. The lowest BCUT2D eigenvalue weighted by molar-refractivity contribution is -0.128. The molecule has 0 saturated heterocycles. The summed E-state index contributed by atoms with van der Waals surface area (Å²) < 4.78 is 29.7. The van der Waals surface area contributed by atoms with Gasteiger partial charge in [0.1, 0.15) is 17.5 Å². The monoisotopic (exact) mass is 588 g/mol. The maximum absolute atomic E-state index is 14.1. The van der Waals surface area contributed by atoms with Gasteiger partial charge in [0, 0.05) is 11.8 Å². The highest BCUT2D eigenvalue weighted by atomic mass is 35.5. The van der Waals surface area contributed by atoms with Crippen molar-refractivity contribution in [3.05, 3.63) is 66.2 Å². The van der Waals surface area contributed by atoms with Gasteiger partial charge in [0.25, 0.3) is 5.91 Å². The van der Waals surface area contributed by atoms with E-state index in [1.165, 1.54) is 9.80 Å². The molecule has 3 aromatic rings. The van der Waals surface area contributed by atoms with Crippen LogP contribution in [0.3, 0.4) is 0 Å². The van der Waals surface area contributed by atoms with E-state index in [0.29, 0.717) is 17.1 Å². The van der Waals surface area contributed by atoms with Gasteiger partial charge >= 0.3 is 0 Å². The quantitative estimate of drug-likeness (QED) is 0.414. The predicted molar refractivity (Wildman–Crippen MR) is 158 cm³/mol. The maximum atomic E-state index is 14.1. The number of nitrogens with one attached hydrogen (secondary N) is 2. The molecule has 0 bridgehead atoms. The second kappa shape index (κ2) is 12.7. The van der Waals surface area contributed by atoms with Gasteiger partial charge in [-0.2, -0.15) is 0 Å². The number of nitrogens with zero attached hydrogens (tertiary/aromatic N) is 2. The Labute approximate surface area is 240 Å². The largest absolute Gasteiger partial charge is 0.496 e. The summed E-state index contributed by atoms with van der Waals surface area (Å²) in [6, 6.07) is 16.6. The zero-order valence-electron chi connectivity index (χ0n) is 22.7. The molecule has 0 aromatic heterocycles. The lowest BCUT2D eigenvalue weighted by atomic mass is 10.0. The van der Waals surface area contributed by atoms with Crippen molar-refractivity contribution in [2.24, 2.45) is 0 Å². The number of anilines is 2. The van der Waals surface area contributed by atoms with Crippen molar-refractivity contribution >= 4 is 62.1 Å². The number of methoxy groups -OCH3 is 1. The summed E-state index contributed by atoms with van der Waals surface area (Å²) in [7, 11) is -0.481. The normalized spacial score (nSPS) is 16.0. The van der Waals surface area contributed by atoms with Crippen LogP contribution in [0, 0.1) is 0 Å². The van der Waals surface area contributed by atoms with E-state index >= 15 is 0 Å². The van der Waals surface area contributed by atoms with Gasteiger partial charge < -0.3 is 25.2 Å². The standard InChI is InChI=1S/C28H32N4O6S.ClH/c1-18(29-2)27(34)30-22-16-31(26(33)17-39(4,36)37)23-11-7-8-12-24(23)32(28(22)35)15-21-20-10-6-5-9-19(20)13-14-25(21)38-3;/h5-14,18,22,29H,15-17H2,1-4H3,(H,30,34);1H/t18-,22-;/m0./s1. The van der Waals surface area contributed by atoms with E-state index in [4.69, 9.17) is 4.74 Å². The Morgan fingerprint density at radius 1 is 1.05 bits per heavy atom. The Morgan fingerprint density at radius 3 is 2.35 bits per heavy atom. The highest BCUT2D eigenvalue weighted by Crippen LogP contribution is 2.37. The van der Waals surface area contributed by atoms with E-state index in [1.54, 1.807) is 45.3 Å². The Hall–Kier alpha value is -3.67. The minimum Gasteiger partial charge on any atom is -0.496 e. The highest BCUT2D eigenvalue weighted by molar-refractivity contribution is 7.91. The highest BCUT2D eigenvalue weighted by Gasteiger charge is 2.38. The second-order valence-electron chi connectivity index (χ2n) is 9.53. The molecule has 40 heavy (non-hydrogen) atoms. The summed E-state index contributed by atoms with van der Waals surface area (Å²) in [4.78, 5) is 43.0. The van der Waals surface area contributed by atoms with E-state index in [1.807, 2.05) is 36.4 Å². The average molecular weight is 589 g/mol. The van der Waals surface area contributed by atoms with E-state index < -0.39 is 45.4 Å². The number of para-hydroxylation sites is 2. The van der Waals surface area contributed by atoms with Gasteiger partial charge in [0.2, 0.25) is 11.8 Å². The Kier molecular flexibility index (Phi) is 9.78. The van der Waals surface area contributed by atoms with Crippen molar-refractivity contribution in [1.29, 1.82) is 0 Å². The number of carbonyl (C=O) groups is 3. The molecule has 2 atom stereocenters. The van der Waals surface area contributed by atoms with Crippen molar-refractivity contribution in [2.45, 2.75) is 25.6 Å². The molecule has 0 aliphatic carbocycles. The fourth-order valence-electron chi connectivity index (χ4n) is 4.65. The molecule has 1 aliphatic heterocycles. The number of amides is 3. The van der Waals surface area contributed by atoms with Crippen LogP contribution in [-0.4, -0.2) is 70.9 Å². The minimum absolute atomic E-state index is 0. The summed E-state index contributed by atoms with van der Waals surface area (Å²) in [5, 5.41) is 7.45. The van der Waals surface area contributed by atoms with E-state index in [-0.39, 0.29) is 25.5 Å². The Balaban J connectivity index is 0.00000441. The number of likely N-dealkylation sites (N-methyl/N-ethyl adjacent to an activating group) is 1. The molecule has 4 rings (SSSR count). The van der Waals surface area contributed by atoms with Gasteiger partial charge in [-0.3, -0.25) is 14.4 Å². The number of hydrogen-bond donors (Lipinski definition) is 2. The molecule has 12 heteroatoms. The molecule has 0 radical (unpaired) electrons. The zero-order valence-corrected chi connectivity index (χ0v) is 24.3. The smallest absolute Gasteiger partial charge is 0.251 e. The van der Waals surface area contributed by atoms with Crippen LogP contribution in [-0.2, 0) is 30.8 Å². The molecular formula is C28H33ClN4O6S. The molecule has 0 spiro atoms. The van der Waals surface area contributed by atoms with Gasteiger partial charge in [-0.15, -0.1) is 12.4 Å². The number of benzene rings is 3. The lowest BCUT2D eigenvalue weighted by Crippen LogP contribution is -2.56. The van der Waals surface area contributed by atoms with Crippen LogP contribution in [0.15, 0.2) is 60.7 Å². The number of rotatable bonds is 8. The first-order chi connectivity index (χ1) is 18.5. The second-order valence-corrected chi connectivity index (χ2v) is 11.7. The maximum Gasteiger partial charge on any atom is 0.251 e. The van der Waals surface area contributed by atoms with Gasteiger partial charge in [-0.05, 0) is 42.9 Å². The predicted octanol–water partition coefficient (Wildman–Crippen LogP) is 2.29. The van der Waals surface area contributed by atoms with Crippen molar-refractivity contribution in [3.63, 3.8) is 0 Å². The molecule has 3 amide bonds. The molecule has 0 saturated carbocycles. The molecule has 10 nitrogen and oxygen atoms in total. The van der Waals surface area contributed by atoms with Gasteiger partial charge in [0.05, 0.1) is 37.6 Å². The van der Waals surface area contributed by atoms with Gasteiger partial charge in [-0.25, -0.2) is 8.42 Å². The first-order valence-electron chi connectivity index (χ1n) is 12.4.